The van der Waals surface area contributed by atoms with Gasteiger partial charge in [0.1, 0.15) is 6.54 Å². The highest BCUT2D eigenvalue weighted by atomic mass is 32.2. The molecule has 1 amide bonds. The summed E-state index contributed by atoms with van der Waals surface area (Å²) in [6.07, 6.45) is 5.71. The highest BCUT2D eigenvalue weighted by molar-refractivity contribution is 7.91. The number of aromatic nitrogens is 4. The number of aryl methyl sites for hydroxylation is 1. The number of hydrogen-bond acceptors (Lipinski definition) is 6. The summed E-state index contributed by atoms with van der Waals surface area (Å²) in [4.78, 5) is 16.4. The molecule has 0 N–H and O–H groups in total. The van der Waals surface area contributed by atoms with Crippen LogP contribution in [0.1, 0.15) is 44.1 Å². The summed E-state index contributed by atoms with van der Waals surface area (Å²) in [5, 5.41) is 12.6. The molecule has 1 saturated carbocycles. The lowest BCUT2D eigenvalue weighted by atomic mass is 9.93. The fraction of sp³-hybridized carbons (Fsp3) is 0.600. The predicted octanol–water partition coefficient (Wildman–Crippen LogP) is 2.00. The highest BCUT2D eigenvalue weighted by Crippen LogP contribution is 2.28. The molecule has 1 aromatic carbocycles. The molecule has 1 aliphatic carbocycles. The van der Waals surface area contributed by atoms with Gasteiger partial charge in [-0.25, -0.2) is 8.42 Å². The van der Waals surface area contributed by atoms with Gasteiger partial charge in [-0.2, -0.15) is 4.80 Å². The van der Waals surface area contributed by atoms with Crippen molar-refractivity contribution in [2.24, 2.45) is 0 Å². The highest BCUT2D eigenvalue weighted by Gasteiger charge is 2.38. The van der Waals surface area contributed by atoms with Crippen LogP contribution in [0, 0.1) is 6.92 Å². The number of carbonyl (C=O) groups excluding carboxylic acids is 1. The molecule has 2 fully saturated rings. The van der Waals surface area contributed by atoms with Crippen molar-refractivity contribution in [1.29, 1.82) is 0 Å². The summed E-state index contributed by atoms with van der Waals surface area (Å²) in [6, 6.07) is 7.64. The Morgan fingerprint density at radius 2 is 1.90 bits per heavy atom. The average molecular weight is 418 g/mol. The fourth-order valence-corrected chi connectivity index (χ4v) is 6.22. The molecular formula is C20H27N5O3S. The Morgan fingerprint density at radius 1 is 1.14 bits per heavy atom. The van der Waals surface area contributed by atoms with E-state index in [1.165, 1.54) is 11.2 Å². The first-order chi connectivity index (χ1) is 13.9. The summed E-state index contributed by atoms with van der Waals surface area (Å²) in [6.45, 7) is 1.96. The third-order valence-corrected chi connectivity index (χ3v) is 7.72. The molecule has 2 aromatic rings. The number of carbonyl (C=O) groups is 1. The molecule has 0 unspecified atom stereocenters. The van der Waals surface area contributed by atoms with Crippen molar-refractivity contribution in [2.75, 3.05) is 11.5 Å². The number of sulfone groups is 1. The zero-order valence-electron chi connectivity index (χ0n) is 16.7. The van der Waals surface area contributed by atoms with Crippen molar-refractivity contribution in [3.05, 3.63) is 29.8 Å². The van der Waals surface area contributed by atoms with Gasteiger partial charge < -0.3 is 4.90 Å². The second kappa shape index (κ2) is 8.22. The van der Waals surface area contributed by atoms with Gasteiger partial charge >= 0.3 is 0 Å². The van der Waals surface area contributed by atoms with E-state index in [1.807, 2.05) is 36.1 Å². The Labute approximate surface area is 171 Å². The van der Waals surface area contributed by atoms with Gasteiger partial charge in [-0.3, -0.25) is 4.79 Å². The van der Waals surface area contributed by atoms with Crippen LogP contribution in [0.4, 0.5) is 0 Å². The Hall–Kier alpha value is -2.29. The van der Waals surface area contributed by atoms with Crippen molar-refractivity contribution in [1.82, 2.24) is 25.1 Å². The standard InChI is InChI=1S/C20H27N5O3S/c1-15-7-5-6-10-18(15)20-21-23-24(22-20)13-19(26)25(16-8-3-2-4-9-16)17-11-12-29(27,28)14-17/h5-7,10,16-17H,2-4,8-9,11-14H2,1H3/t17-/m1/s1. The Balaban J connectivity index is 1.53. The van der Waals surface area contributed by atoms with E-state index in [2.05, 4.69) is 15.4 Å². The van der Waals surface area contributed by atoms with Gasteiger partial charge in [-0.1, -0.05) is 43.5 Å². The smallest absolute Gasteiger partial charge is 0.246 e. The minimum absolute atomic E-state index is 0.0219. The second-order valence-electron chi connectivity index (χ2n) is 8.11. The minimum atomic E-state index is -3.07. The van der Waals surface area contributed by atoms with E-state index in [0.29, 0.717) is 12.2 Å². The molecule has 156 valence electrons. The van der Waals surface area contributed by atoms with E-state index in [-0.39, 0.29) is 36.0 Å². The van der Waals surface area contributed by atoms with E-state index < -0.39 is 9.84 Å². The summed E-state index contributed by atoms with van der Waals surface area (Å²) in [5.74, 6) is 0.595. The van der Waals surface area contributed by atoms with E-state index in [1.54, 1.807) is 0 Å². The van der Waals surface area contributed by atoms with E-state index >= 15 is 0 Å². The van der Waals surface area contributed by atoms with Crippen molar-refractivity contribution in [3.8, 4) is 11.4 Å². The lowest BCUT2D eigenvalue weighted by Crippen LogP contribution is -2.50. The third kappa shape index (κ3) is 4.49. The normalized spacial score (nSPS) is 21.9. The van der Waals surface area contributed by atoms with Gasteiger partial charge in [0.15, 0.2) is 9.84 Å². The van der Waals surface area contributed by atoms with Crippen LogP contribution in [0.15, 0.2) is 24.3 Å². The predicted molar refractivity (Wildman–Crippen MR) is 109 cm³/mol. The molecule has 1 aliphatic heterocycles. The number of tetrazole rings is 1. The Morgan fingerprint density at radius 3 is 2.59 bits per heavy atom. The number of hydrogen-bond donors (Lipinski definition) is 0. The molecule has 9 heteroatoms. The Kier molecular flexibility index (Phi) is 5.67. The maximum atomic E-state index is 13.2. The molecular weight excluding hydrogens is 390 g/mol. The van der Waals surface area contributed by atoms with E-state index in [9.17, 15) is 13.2 Å². The molecule has 4 rings (SSSR count). The van der Waals surface area contributed by atoms with Gasteiger partial charge in [0.05, 0.1) is 11.5 Å². The molecule has 8 nitrogen and oxygen atoms in total. The first-order valence-electron chi connectivity index (χ1n) is 10.3. The number of benzene rings is 1. The van der Waals surface area contributed by atoms with Crippen molar-refractivity contribution in [3.63, 3.8) is 0 Å². The van der Waals surface area contributed by atoms with Gasteiger partial charge in [0.2, 0.25) is 11.7 Å². The van der Waals surface area contributed by atoms with Gasteiger partial charge in [-0.15, -0.1) is 10.2 Å². The zero-order valence-corrected chi connectivity index (χ0v) is 17.5. The third-order valence-electron chi connectivity index (χ3n) is 5.97. The molecule has 2 aliphatic rings. The maximum Gasteiger partial charge on any atom is 0.246 e. The van der Waals surface area contributed by atoms with Crippen LogP contribution in [-0.4, -0.2) is 63.0 Å². The molecule has 29 heavy (non-hydrogen) atoms. The Bertz CT molecular complexity index is 982. The molecule has 0 radical (unpaired) electrons. The molecule has 1 saturated heterocycles. The molecule has 0 spiro atoms. The van der Waals surface area contributed by atoms with Crippen molar-refractivity contribution < 1.29 is 13.2 Å². The average Bonchev–Trinajstić information content (AvgIpc) is 3.29. The summed E-state index contributed by atoms with van der Waals surface area (Å²) < 4.78 is 24.0. The minimum Gasteiger partial charge on any atom is -0.334 e. The van der Waals surface area contributed by atoms with Crippen LogP contribution < -0.4 is 0 Å². The van der Waals surface area contributed by atoms with Crippen LogP contribution in [-0.2, 0) is 21.2 Å². The number of nitrogens with zero attached hydrogens (tertiary/aromatic N) is 5. The van der Waals surface area contributed by atoms with Crippen molar-refractivity contribution in [2.45, 2.75) is 64.1 Å². The van der Waals surface area contributed by atoms with Crippen LogP contribution >= 0.6 is 0 Å². The molecule has 0 bridgehead atoms. The van der Waals surface area contributed by atoms with Crippen LogP contribution in [0.3, 0.4) is 0 Å². The summed E-state index contributed by atoms with van der Waals surface area (Å²) in [5.41, 5.74) is 1.93. The van der Waals surface area contributed by atoms with Crippen molar-refractivity contribution >= 4 is 15.7 Å². The SMILES string of the molecule is Cc1ccccc1-c1nnn(CC(=O)N(C2CCCCC2)[C@@H]2CCS(=O)(=O)C2)n1. The first-order valence-corrected chi connectivity index (χ1v) is 12.1. The number of rotatable bonds is 5. The van der Waals surface area contributed by atoms with Crippen LogP contribution in [0.25, 0.3) is 11.4 Å². The monoisotopic (exact) mass is 417 g/mol. The molecule has 1 atom stereocenters. The van der Waals surface area contributed by atoms with E-state index in [4.69, 9.17) is 0 Å². The lowest BCUT2D eigenvalue weighted by molar-refractivity contribution is -0.137. The topological polar surface area (TPSA) is 98.0 Å². The molecule has 2 heterocycles. The van der Waals surface area contributed by atoms with E-state index in [0.717, 1.165) is 36.8 Å². The van der Waals surface area contributed by atoms with Crippen LogP contribution in [0.5, 0.6) is 0 Å². The van der Waals surface area contributed by atoms with Crippen LogP contribution in [0.2, 0.25) is 0 Å². The zero-order chi connectivity index (χ0) is 20.4. The van der Waals surface area contributed by atoms with Gasteiger partial charge in [0, 0.05) is 17.6 Å². The first kappa shape index (κ1) is 20.0. The summed E-state index contributed by atoms with van der Waals surface area (Å²) in [7, 11) is -3.07. The van der Waals surface area contributed by atoms with Gasteiger partial charge in [0.25, 0.3) is 0 Å². The fourth-order valence-electron chi connectivity index (χ4n) is 4.50. The maximum absolute atomic E-state index is 13.2. The number of amides is 1. The second-order valence-corrected chi connectivity index (χ2v) is 10.3. The largest absolute Gasteiger partial charge is 0.334 e. The molecule has 1 aromatic heterocycles. The summed E-state index contributed by atoms with van der Waals surface area (Å²) >= 11 is 0. The van der Waals surface area contributed by atoms with Gasteiger partial charge in [-0.05, 0) is 37.0 Å². The lowest BCUT2D eigenvalue weighted by Gasteiger charge is -2.38. The quantitative estimate of drug-likeness (QED) is 0.738.